The Morgan fingerprint density at radius 2 is 2.05 bits per heavy atom. The lowest BCUT2D eigenvalue weighted by Crippen LogP contribution is -2.38. The third-order valence-corrected chi connectivity index (χ3v) is 5.84. The number of hydrogen-bond acceptors (Lipinski definition) is 4. The molecule has 0 heterocycles. The summed E-state index contributed by atoms with van der Waals surface area (Å²) in [7, 11) is -3.64. The summed E-state index contributed by atoms with van der Waals surface area (Å²) >= 11 is 0. The van der Waals surface area contributed by atoms with Gasteiger partial charge in [0.2, 0.25) is 10.0 Å². The van der Waals surface area contributed by atoms with Crippen molar-refractivity contribution < 1.29 is 8.42 Å². The minimum absolute atomic E-state index is 0.0501. The molecule has 0 aromatic heterocycles. The Morgan fingerprint density at radius 3 is 2.60 bits per heavy atom. The molecular weight excluding hydrogens is 274 g/mol. The molecule has 0 unspecified atom stereocenters. The molecule has 1 aliphatic rings. The zero-order valence-electron chi connectivity index (χ0n) is 11.5. The van der Waals surface area contributed by atoms with E-state index in [1.54, 1.807) is 0 Å². The van der Waals surface area contributed by atoms with Gasteiger partial charge in [0.1, 0.15) is 11.0 Å². The highest BCUT2D eigenvalue weighted by Gasteiger charge is 2.33. The molecule has 0 bridgehead atoms. The Labute approximate surface area is 120 Å². The molecule has 2 rings (SSSR count). The molecule has 1 aliphatic carbocycles. The second kappa shape index (κ2) is 5.81. The van der Waals surface area contributed by atoms with Gasteiger partial charge in [0, 0.05) is 18.3 Å². The van der Waals surface area contributed by atoms with Crippen LogP contribution in [0.3, 0.4) is 0 Å². The number of hydrogen-bond donors (Lipinski definition) is 1. The first-order valence-corrected chi connectivity index (χ1v) is 8.26. The molecule has 1 aromatic carbocycles. The van der Waals surface area contributed by atoms with Gasteiger partial charge in [-0.1, -0.05) is 19.8 Å². The monoisotopic (exact) mass is 293 g/mol. The lowest BCUT2D eigenvalue weighted by molar-refractivity contribution is 0.335. The molecule has 0 amide bonds. The van der Waals surface area contributed by atoms with Gasteiger partial charge in [0.15, 0.2) is 0 Å². The summed E-state index contributed by atoms with van der Waals surface area (Å²) in [5.74, 6) is 0. The van der Waals surface area contributed by atoms with E-state index >= 15 is 0 Å². The maximum atomic E-state index is 12.8. The Balaban J connectivity index is 2.46. The van der Waals surface area contributed by atoms with Crippen molar-refractivity contribution in [1.29, 1.82) is 5.26 Å². The van der Waals surface area contributed by atoms with Crippen LogP contribution in [0.2, 0.25) is 0 Å². The lowest BCUT2D eigenvalue weighted by atomic mass is 10.2. The van der Waals surface area contributed by atoms with E-state index in [1.165, 1.54) is 22.5 Å². The molecule has 0 saturated heterocycles. The fourth-order valence-corrected chi connectivity index (χ4v) is 4.62. The second-order valence-electron chi connectivity index (χ2n) is 5.01. The van der Waals surface area contributed by atoms with Gasteiger partial charge in [-0.3, -0.25) is 0 Å². The van der Waals surface area contributed by atoms with Crippen LogP contribution < -0.4 is 5.73 Å². The van der Waals surface area contributed by atoms with Crippen molar-refractivity contribution >= 4 is 15.7 Å². The second-order valence-corrected chi connectivity index (χ2v) is 6.87. The molecule has 1 saturated carbocycles. The molecular formula is C14H19N3O2S. The summed E-state index contributed by atoms with van der Waals surface area (Å²) in [6.07, 6.45) is 3.90. The molecule has 108 valence electrons. The van der Waals surface area contributed by atoms with E-state index in [2.05, 4.69) is 0 Å². The summed E-state index contributed by atoms with van der Waals surface area (Å²) in [6, 6.07) is 6.34. The molecule has 5 nitrogen and oxygen atoms in total. The zero-order valence-corrected chi connectivity index (χ0v) is 12.4. The maximum absolute atomic E-state index is 12.8. The van der Waals surface area contributed by atoms with E-state index in [9.17, 15) is 8.42 Å². The van der Waals surface area contributed by atoms with Crippen molar-refractivity contribution in [2.75, 3.05) is 12.3 Å². The third kappa shape index (κ3) is 2.65. The fraction of sp³-hybridized carbons (Fsp3) is 0.500. The Bertz CT molecular complexity index is 628. The quantitative estimate of drug-likeness (QED) is 0.861. The Morgan fingerprint density at radius 1 is 1.40 bits per heavy atom. The van der Waals surface area contributed by atoms with Crippen molar-refractivity contribution in [1.82, 2.24) is 4.31 Å². The largest absolute Gasteiger partial charge is 0.399 e. The highest BCUT2D eigenvalue weighted by molar-refractivity contribution is 7.89. The number of nitrogens with two attached hydrogens (primary N) is 1. The van der Waals surface area contributed by atoms with Crippen molar-refractivity contribution in [2.24, 2.45) is 0 Å². The Kier molecular flexibility index (Phi) is 4.31. The number of nitriles is 1. The molecule has 1 aromatic rings. The lowest BCUT2D eigenvalue weighted by Gasteiger charge is -2.27. The summed E-state index contributed by atoms with van der Waals surface area (Å²) < 4.78 is 27.1. The first kappa shape index (κ1) is 14.8. The number of nitrogens with zero attached hydrogens (tertiary/aromatic N) is 2. The summed E-state index contributed by atoms with van der Waals surface area (Å²) in [6.45, 7) is 2.25. The minimum Gasteiger partial charge on any atom is -0.399 e. The van der Waals surface area contributed by atoms with Gasteiger partial charge in [-0.05, 0) is 31.0 Å². The minimum atomic E-state index is -3.64. The van der Waals surface area contributed by atoms with E-state index in [4.69, 9.17) is 11.0 Å². The van der Waals surface area contributed by atoms with E-state index in [-0.39, 0.29) is 16.5 Å². The predicted molar refractivity (Wildman–Crippen MR) is 77.4 cm³/mol. The molecule has 0 spiro atoms. The molecule has 6 heteroatoms. The van der Waals surface area contributed by atoms with Crippen molar-refractivity contribution in [2.45, 2.75) is 43.5 Å². The summed E-state index contributed by atoms with van der Waals surface area (Å²) in [5.41, 5.74) is 6.12. The van der Waals surface area contributed by atoms with E-state index < -0.39 is 10.0 Å². The predicted octanol–water partition coefficient (Wildman–Crippen LogP) is 2.09. The number of sulfonamides is 1. The smallest absolute Gasteiger partial charge is 0.244 e. The van der Waals surface area contributed by atoms with Gasteiger partial charge >= 0.3 is 0 Å². The molecule has 2 N–H and O–H groups in total. The fourth-order valence-electron chi connectivity index (χ4n) is 2.80. The van der Waals surface area contributed by atoms with Crippen LogP contribution in [0.5, 0.6) is 0 Å². The van der Waals surface area contributed by atoms with Gasteiger partial charge in [-0.25, -0.2) is 8.42 Å². The van der Waals surface area contributed by atoms with Crippen molar-refractivity contribution in [3.63, 3.8) is 0 Å². The van der Waals surface area contributed by atoms with Crippen LogP contribution >= 0.6 is 0 Å². The van der Waals surface area contributed by atoms with Crippen LogP contribution in [0, 0.1) is 11.3 Å². The van der Waals surface area contributed by atoms with Gasteiger partial charge in [-0.2, -0.15) is 9.57 Å². The summed E-state index contributed by atoms with van der Waals surface area (Å²) in [4.78, 5) is 0.0583. The highest BCUT2D eigenvalue weighted by Crippen LogP contribution is 2.30. The van der Waals surface area contributed by atoms with E-state index in [0.29, 0.717) is 12.2 Å². The van der Waals surface area contributed by atoms with Gasteiger partial charge < -0.3 is 5.73 Å². The maximum Gasteiger partial charge on any atom is 0.244 e. The molecule has 0 atom stereocenters. The van der Waals surface area contributed by atoms with E-state index in [1.807, 2.05) is 13.0 Å². The SMILES string of the molecule is CCN(C1CCCC1)S(=O)(=O)c1ccc(N)cc1C#N. The van der Waals surface area contributed by atoms with Gasteiger partial charge in [0.25, 0.3) is 0 Å². The average molecular weight is 293 g/mol. The van der Waals surface area contributed by atoms with E-state index in [0.717, 1.165) is 25.7 Å². The van der Waals surface area contributed by atoms with Crippen LogP contribution in [0.4, 0.5) is 5.69 Å². The zero-order chi connectivity index (χ0) is 14.8. The molecule has 1 fully saturated rings. The average Bonchev–Trinajstić information content (AvgIpc) is 2.92. The van der Waals surface area contributed by atoms with Crippen LogP contribution in [-0.2, 0) is 10.0 Å². The number of rotatable bonds is 4. The van der Waals surface area contributed by atoms with Gasteiger partial charge in [-0.15, -0.1) is 0 Å². The highest BCUT2D eigenvalue weighted by atomic mass is 32.2. The van der Waals surface area contributed by atoms with Crippen molar-refractivity contribution in [3.05, 3.63) is 23.8 Å². The number of anilines is 1. The van der Waals surface area contributed by atoms with Crippen molar-refractivity contribution in [3.8, 4) is 6.07 Å². The Hall–Kier alpha value is -1.58. The topological polar surface area (TPSA) is 87.2 Å². The third-order valence-electron chi connectivity index (χ3n) is 3.75. The standard InChI is InChI=1S/C14H19N3O2S/c1-2-17(13-5-3-4-6-13)20(18,19)14-8-7-12(16)9-11(14)10-15/h7-9,13H,2-6,16H2,1H3. The first-order chi connectivity index (χ1) is 9.50. The van der Waals surface area contributed by atoms with Gasteiger partial charge in [0.05, 0.1) is 5.56 Å². The first-order valence-electron chi connectivity index (χ1n) is 6.82. The summed E-state index contributed by atoms with van der Waals surface area (Å²) in [5, 5.41) is 9.14. The molecule has 0 aliphatic heterocycles. The normalized spacial score (nSPS) is 16.4. The van der Waals surface area contributed by atoms with Crippen LogP contribution in [0.25, 0.3) is 0 Å². The van der Waals surface area contributed by atoms with Crippen LogP contribution in [0.15, 0.2) is 23.1 Å². The molecule has 20 heavy (non-hydrogen) atoms. The molecule has 0 radical (unpaired) electrons. The van der Waals surface area contributed by atoms with Crippen LogP contribution in [0.1, 0.15) is 38.2 Å². The number of benzene rings is 1. The number of nitrogen functional groups attached to an aromatic ring is 1. The van der Waals surface area contributed by atoms with Crippen LogP contribution in [-0.4, -0.2) is 25.3 Å².